The topological polar surface area (TPSA) is 23.6 Å². The van der Waals surface area contributed by atoms with Crippen LogP contribution < -0.4 is 0 Å². The SMILES string of the molecule is C[C@H]1c2ccsc2CCN1CC(=O)N(C)[C@@H](C)c1ccccc1. The summed E-state index contributed by atoms with van der Waals surface area (Å²) in [5, 5.41) is 2.16. The van der Waals surface area contributed by atoms with Crippen LogP contribution in [0.25, 0.3) is 0 Å². The third-order valence-corrected chi connectivity index (χ3v) is 5.99. The number of thiophene rings is 1. The van der Waals surface area contributed by atoms with E-state index in [9.17, 15) is 4.79 Å². The van der Waals surface area contributed by atoms with Crippen LogP contribution in [0.2, 0.25) is 0 Å². The molecule has 4 heteroatoms. The normalized spacial score (nSPS) is 19.2. The van der Waals surface area contributed by atoms with Gasteiger partial charge in [-0.1, -0.05) is 30.3 Å². The van der Waals surface area contributed by atoms with E-state index >= 15 is 0 Å². The number of amides is 1. The molecule has 0 bridgehead atoms. The number of hydrogen-bond acceptors (Lipinski definition) is 3. The molecule has 2 heterocycles. The van der Waals surface area contributed by atoms with E-state index in [1.807, 2.05) is 41.5 Å². The first-order valence-electron chi connectivity index (χ1n) is 8.19. The summed E-state index contributed by atoms with van der Waals surface area (Å²) in [7, 11) is 1.91. The molecule has 0 saturated heterocycles. The van der Waals surface area contributed by atoms with Gasteiger partial charge in [0.2, 0.25) is 5.91 Å². The first-order valence-corrected chi connectivity index (χ1v) is 9.07. The van der Waals surface area contributed by atoms with Crippen molar-refractivity contribution in [2.45, 2.75) is 32.4 Å². The average molecular weight is 328 g/mol. The Labute approximate surface area is 142 Å². The summed E-state index contributed by atoms with van der Waals surface area (Å²) in [6.45, 7) is 5.75. The zero-order valence-corrected chi connectivity index (χ0v) is 14.8. The highest BCUT2D eigenvalue weighted by Gasteiger charge is 2.28. The summed E-state index contributed by atoms with van der Waals surface area (Å²) in [5.74, 6) is 0.187. The molecule has 0 unspecified atom stereocenters. The third kappa shape index (κ3) is 3.33. The monoisotopic (exact) mass is 328 g/mol. The number of benzene rings is 1. The van der Waals surface area contributed by atoms with E-state index in [1.165, 1.54) is 16.0 Å². The first kappa shape index (κ1) is 16.2. The van der Waals surface area contributed by atoms with Crippen LogP contribution in [-0.4, -0.2) is 35.8 Å². The molecule has 1 aromatic carbocycles. The van der Waals surface area contributed by atoms with Crippen LogP contribution in [0.3, 0.4) is 0 Å². The van der Waals surface area contributed by atoms with Gasteiger partial charge in [-0.2, -0.15) is 0 Å². The van der Waals surface area contributed by atoms with Gasteiger partial charge in [0.25, 0.3) is 0 Å². The Balaban J connectivity index is 1.65. The van der Waals surface area contributed by atoms with Crippen molar-refractivity contribution in [3.8, 4) is 0 Å². The minimum Gasteiger partial charge on any atom is -0.338 e. The van der Waals surface area contributed by atoms with Gasteiger partial charge in [-0.3, -0.25) is 9.69 Å². The van der Waals surface area contributed by atoms with Crippen molar-refractivity contribution in [3.63, 3.8) is 0 Å². The Morgan fingerprint density at radius 1 is 1.35 bits per heavy atom. The first-order chi connectivity index (χ1) is 11.1. The van der Waals surface area contributed by atoms with Crippen molar-refractivity contribution in [3.05, 3.63) is 57.8 Å². The minimum absolute atomic E-state index is 0.0977. The Morgan fingerprint density at radius 3 is 2.83 bits per heavy atom. The zero-order chi connectivity index (χ0) is 16.4. The number of hydrogen-bond donors (Lipinski definition) is 0. The predicted molar refractivity (Wildman–Crippen MR) is 95.6 cm³/mol. The van der Waals surface area contributed by atoms with Crippen molar-refractivity contribution in [1.82, 2.24) is 9.80 Å². The fraction of sp³-hybridized carbons (Fsp3) is 0.421. The van der Waals surface area contributed by atoms with Gasteiger partial charge in [-0.15, -0.1) is 11.3 Å². The smallest absolute Gasteiger partial charge is 0.237 e. The van der Waals surface area contributed by atoms with Crippen LogP contribution in [0.4, 0.5) is 0 Å². The maximum atomic E-state index is 12.7. The maximum Gasteiger partial charge on any atom is 0.237 e. The van der Waals surface area contributed by atoms with Gasteiger partial charge in [-0.05, 0) is 42.8 Å². The molecular formula is C19H24N2OS. The summed E-state index contributed by atoms with van der Waals surface area (Å²) in [6.07, 6.45) is 1.06. The molecule has 0 saturated carbocycles. The molecule has 1 aliphatic heterocycles. The van der Waals surface area contributed by atoms with Gasteiger partial charge in [-0.25, -0.2) is 0 Å². The lowest BCUT2D eigenvalue weighted by atomic mass is 10.0. The number of likely N-dealkylation sites (N-methyl/N-ethyl adjacent to an activating group) is 1. The second kappa shape index (κ2) is 6.85. The third-order valence-electron chi connectivity index (χ3n) is 5.00. The second-order valence-electron chi connectivity index (χ2n) is 6.29. The van der Waals surface area contributed by atoms with Crippen LogP contribution in [0.5, 0.6) is 0 Å². The van der Waals surface area contributed by atoms with E-state index in [0.29, 0.717) is 12.6 Å². The van der Waals surface area contributed by atoms with Crippen molar-refractivity contribution in [2.75, 3.05) is 20.1 Å². The molecular weight excluding hydrogens is 304 g/mol. The molecule has 2 atom stereocenters. The number of nitrogens with zero attached hydrogens (tertiary/aromatic N) is 2. The number of fused-ring (bicyclic) bond motifs is 1. The van der Waals surface area contributed by atoms with E-state index in [0.717, 1.165) is 13.0 Å². The highest BCUT2D eigenvalue weighted by molar-refractivity contribution is 7.10. The molecule has 0 spiro atoms. The van der Waals surface area contributed by atoms with E-state index in [2.05, 4.69) is 42.3 Å². The van der Waals surface area contributed by atoms with Crippen LogP contribution in [0.1, 0.15) is 41.9 Å². The Kier molecular flexibility index (Phi) is 4.83. The van der Waals surface area contributed by atoms with Gasteiger partial charge in [0.15, 0.2) is 0 Å². The van der Waals surface area contributed by atoms with Gasteiger partial charge < -0.3 is 4.90 Å². The molecule has 2 aromatic rings. The molecule has 122 valence electrons. The van der Waals surface area contributed by atoms with Gasteiger partial charge in [0.05, 0.1) is 12.6 Å². The Hall–Kier alpha value is -1.65. The fourth-order valence-electron chi connectivity index (χ4n) is 3.23. The maximum absolute atomic E-state index is 12.7. The summed E-state index contributed by atoms with van der Waals surface area (Å²) < 4.78 is 0. The van der Waals surface area contributed by atoms with Crippen LogP contribution in [-0.2, 0) is 11.2 Å². The van der Waals surface area contributed by atoms with Gasteiger partial charge >= 0.3 is 0 Å². The molecule has 3 rings (SSSR count). The lowest BCUT2D eigenvalue weighted by Gasteiger charge is -2.35. The molecule has 1 aliphatic rings. The highest BCUT2D eigenvalue weighted by atomic mass is 32.1. The van der Waals surface area contributed by atoms with Crippen molar-refractivity contribution in [1.29, 1.82) is 0 Å². The quantitative estimate of drug-likeness (QED) is 0.850. The summed E-state index contributed by atoms with van der Waals surface area (Å²) >= 11 is 1.84. The Morgan fingerprint density at radius 2 is 2.09 bits per heavy atom. The van der Waals surface area contributed by atoms with E-state index in [1.54, 1.807) is 0 Å². The van der Waals surface area contributed by atoms with Crippen molar-refractivity contribution in [2.24, 2.45) is 0 Å². The van der Waals surface area contributed by atoms with Crippen molar-refractivity contribution >= 4 is 17.2 Å². The number of carbonyl (C=O) groups excluding carboxylic acids is 1. The lowest BCUT2D eigenvalue weighted by Crippen LogP contribution is -2.42. The van der Waals surface area contributed by atoms with Crippen LogP contribution in [0, 0.1) is 0 Å². The number of carbonyl (C=O) groups is 1. The fourth-order valence-corrected chi connectivity index (χ4v) is 4.20. The summed E-state index contributed by atoms with van der Waals surface area (Å²) in [5.41, 5.74) is 2.57. The molecule has 0 radical (unpaired) electrons. The lowest BCUT2D eigenvalue weighted by molar-refractivity contribution is -0.133. The number of rotatable bonds is 4. The molecule has 3 nitrogen and oxygen atoms in total. The standard InChI is InChI=1S/C19H24N2OS/c1-14(16-7-5-4-6-8-16)20(3)19(22)13-21-11-9-18-17(15(21)2)10-12-23-18/h4-8,10,12,14-15H,9,11,13H2,1-3H3/t14-,15-/m0/s1. The highest BCUT2D eigenvalue weighted by Crippen LogP contribution is 2.32. The van der Waals surface area contributed by atoms with E-state index in [-0.39, 0.29) is 11.9 Å². The van der Waals surface area contributed by atoms with Gasteiger partial charge in [0.1, 0.15) is 0 Å². The molecule has 0 aliphatic carbocycles. The second-order valence-corrected chi connectivity index (χ2v) is 7.29. The predicted octanol–water partition coefficient (Wildman–Crippen LogP) is 3.89. The van der Waals surface area contributed by atoms with Crippen LogP contribution in [0.15, 0.2) is 41.8 Å². The van der Waals surface area contributed by atoms with Gasteiger partial charge in [0, 0.05) is 24.5 Å². The minimum atomic E-state index is 0.0977. The van der Waals surface area contributed by atoms with E-state index < -0.39 is 0 Å². The summed E-state index contributed by atoms with van der Waals surface area (Å²) in [6, 6.07) is 12.8. The molecule has 1 amide bonds. The Bertz CT molecular complexity index is 667. The van der Waals surface area contributed by atoms with E-state index in [4.69, 9.17) is 0 Å². The molecule has 0 N–H and O–H groups in total. The zero-order valence-electron chi connectivity index (χ0n) is 14.0. The average Bonchev–Trinajstić information content (AvgIpc) is 3.06. The van der Waals surface area contributed by atoms with Crippen LogP contribution >= 0.6 is 11.3 Å². The molecule has 1 aromatic heterocycles. The molecule has 23 heavy (non-hydrogen) atoms. The summed E-state index contributed by atoms with van der Waals surface area (Å²) in [4.78, 5) is 18.4. The van der Waals surface area contributed by atoms with Crippen molar-refractivity contribution < 1.29 is 4.79 Å². The largest absolute Gasteiger partial charge is 0.338 e. The molecule has 0 fully saturated rings.